The number of aryl methyl sites for hydroxylation is 1. The predicted molar refractivity (Wildman–Crippen MR) is 129 cm³/mol. The molecule has 1 aromatic heterocycles. The number of halogens is 1. The number of carboxylic acids is 1. The molecule has 10 heteroatoms. The first kappa shape index (κ1) is 24.6. The number of amides is 1. The number of benzene rings is 2. The molecule has 0 aliphatic rings. The number of fused-ring (bicyclic) bond motifs is 1. The molecule has 0 radical (unpaired) electrons. The first-order chi connectivity index (χ1) is 15.6. The van der Waals surface area contributed by atoms with Gasteiger partial charge in [0.05, 0.1) is 29.5 Å². The maximum atomic E-state index is 13.5. The summed E-state index contributed by atoms with van der Waals surface area (Å²) in [6.07, 6.45) is 0. The third kappa shape index (κ3) is 5.31. The minimum atomic E-state index is -1.11. The fourth-order valence-corrected chi connectivity index (χ4v) is 4.24. The lowest BCUT2D eigenvalue weighted by molar-refractivity contribution is -0.142. The highest BCUT2D eigenvalue weighted by atomic mass is 35.5. The summed E-state index contributed by atoms with van der Waals surface area (Å²) in [5.41, 5.74) is 1.34. The lowest BCUT2D eigenvalue weighted by atomic mass is 10.1. The first-order valence-electron chi connectivity index (χ1n) is 10.1. The maximum absolute atomic E-state index is 13.5. The van der Waals surface area contributed by atoms with Gasteiger partial charge in [0.15, 0.2) is 5.16 Å². The molecule has 33 heavy (non-hydrogen) atoms. The van der Waals surface area contributed by atoms with Crippen LogP contribution in [0.15, 0.2) is 46.3 Å². The molecule has 0 bridgehead atoms. The third-order valence-corrected chi connectivity index (χ3v) is 6.37. The Hall–Kier alpha value is -3.04. The average Bonchev–Trinajstić information content (AvgIpc) is 2.77. The summed E-state index contributed by atoms with van der Waals surface area (Å²) in [5, 5.41) is 13.0. The van der Waals surface area contributed by atoms with Crippen molar-refractivity contribution in [2.45, 2.75) is 32.0 Å². The van der Waals surface area contributed by atoms with Crippen LogP contribution >= 0.6 is 23.4 Å². The number of hydrogen-bond donors (Lipinski definition) is 2. The summed E-state index contributed by atoms with van der Waals surface area (Å²) in [7, 11) is 1.47. The van der Waals surface area contributed by atoms with Crippen LogP contribution in [0.25, 0.3) is 16.6 Å². The number of thioether (sulfide) groups is 1. The van der Waals surface area contributed by atoms with Crippen molar-refractivity contribution in [1.82, 2.24) is 14.9 Å². The van der Waals surface area contributed by atoms with Crippen LogP contribution in [0.3, 0.4) is 0 Å². The van der Waals surface area contributed by atoms with E-state index in [0.717, 1.165) is 17.3 Å². The lowest BCUT2D eigenvalue weighted by Gasteiger charge is -2.19. The number of carboxylic acid groups (broad SMARTS) is 1. The number of carbonyl (C=O) groups is 2. The van der Waals surface area contributed by atoms with Gasteiger partial charge in [-0.1, -0.05) is 49.3 Å². The summed E-state index contributed by atoms with van der Waals surface area (Å²) in [6, 6.07) is 9.25. The van der Waals surface area contributed by atoms with Crippen LogP contribution in [-0.2, 0) is 9.59 Å². The molecule has 0 fully saturated rings. The quantitative estimate of drug-likeness (QED) is 0.367. The van der Waals surface area contributed by atoms with Crippen molar-refractivity contribution in [3.8, 4) is 11.4 Å². The highest BCUT2D eigenvalue weighted by Gasteiger charge is 2.24. The van der Waals surface area contributed by atoms with Crippen molar-refractivity contribution < 1.29 is 19.4 Å². The summed E-state index contributed by atoms with van der Waals surface area (Å²) >= 11 is 7.27. The Kier molecular flexibility index (Phi) is 7.65. The molecule has 0 aliphatic carbocycles. The van der Waals surface area contributed by atoms with E-state index < -0.39 is 17.9 Å². The summed E-state index contributed by atoms with van der Waals surface area (Å²) in [6.45, 7) is 5.23. The molecule has 0 unspecified atom stereocenters. The molecule has 174 valence electrons. The van der Waals surface area contributed by atoms with Gasteiger partial charge in [0.25, 0.3) is 5.56 Å². The largest absolute Gasteiger partial charge is 0.495 e. The zero-order chi connectivity index (χ0) is 24.3. The Morgan fingerprint density at radius 1 is 1.27 bits per heavy atom. The Morgan fingerprint density at radius 3 is 2.61 bits per heavy atom. The molecule has 0 aliphatic heterocycles. The third-order valence-electron chi connectivity index (χ3n) is 5.03. The Balaban J connectivity index is 2.07. The van der Waals surface area contributed by atoms with Gasteiger partial charge in [0.2, 0.25) is 5.91 Å². The average molecular weight is 490 g/mol. The van der Waals surface area contributed by atoms with Gasteiger partial charge in [-0.3, -0.25) is 14.2 Å². The molecule has 1 amide bonds. The van der Waals surface area contributed by atoms with Crippen LogP contribution < -0.4 is 15.6 Å². The number of aromatic nitrogens is 2. The standard InChI is InChI=1S/C23H24ClN3O5S/c1-12(2)20(22(30)31)26-19(28)11-33-23-25-16-8-6-5-7-14(16)21(29)27(23)17-9-13(3)15(24)10-18(17)32-4/h5-10,12,20H,11H2,1-4H3,(H,26,28)(H,30,31)/t20-/m0/s1. The topological polar surface area (TPSA) is 111 Å². The van der Waals surface area contributed by atoms with Gasteiger partial charge < -0.3 is 15.2 Å². The van der Waals surface area contributed by atoms with E-state index in [2.05, 4.69) is 10.3 Å². The molecule has 0 saturated heterocycles. The lowest BCUT2D eigenvalue weighted by Crippen LogP contribution is -2.45. The Morgan fingerprint density at radius 2 is 1.97 bits per heavy atom. The number of nitrogens with one attached hydrogen (secondary N) is 1. The van der Waals surface area contributed by atoms with E-state index >= 15 is 0 Å². The monoisotopic (exact) mass is 489 g/mol. The zero-order valence-electron chi connectivity index (χ0n) is 18.6. The van der Waals surface area contributed by atoms with Crippen molar-refractivity contribution >= 4 is 46.1 Å². The van der Waals surface area contributed by atoms with Gasteiger partial charge in [0, 0.05) is 11.1 Å². The summed E-state index contributed by atoms with van der Waals surface area (Å²) < 4.78 is 6.85. The molecule has 3 rings (SSSR count). The number of carbonyl (C=O) groups excluding carboxylic acids is 1. The SMILES string of the molecule is COc1cc(Cl)c(C)cc1-n1c(SCC(=O)N[C@H](C(=O)O)C(C)C)nc2ccccc2c1=O. The number of methoxy groups -OCH3 is 1. The number of ether oxygens (including phenoxy) is 1. The van der Waals surface area contributed by atoms with Gasteiger partial charge in [-0.05, 0) is 36.6 Å². The van der Waals surface area contributed by atoms with Crippen LogP contribution in [0.4, 0.5) is 0 Å². The number of rotatable bonds is 8. The molecule has 2 N–H and O–H groups in total. The predicted octanol–water partition coefficient (Wildman–Crippen LogP) is 3.67. The van der Waals surface area contributed by atoms with Gasteiger partial charge in [0.1, 0.15) is 11.8 Å². The molecule has 2 aromatic carbocycles. The zero-order valence-corrected chi connectivity index (χ0v) is 20.2. The normalized spacial score (nSPS) is 12.1. The maximum Gasteiger partial charge on any atom is 0.326 e. The summed E-state index contributed by atoms with van der Waals surface area (Å²) in [5.74, 6) is -1.62. The van der Waals surface area contributed by atoms with Crippen LogP contribution in [0.5, 0.6) is 5.75 Å². The molecule has 1 heterocycles. The smallest absolute Gasteiger partial charge is 0.326 e. The molecular weight excluding hydrogens is 466 g/mol. The van der Waals surface area contributed by atoms with E-state index in [1.54, 1.807) is 50.2 Å². The fraction of sp³-hybridized carbons (Fsp3) is 0.304. The molecule has 1 atom stereocenters. The molecule has 0 saturated carbocycles. The Labute approximate surface area is 199 Å². The second kappa shape index (κ2) is 10.3. The van der Waals surface area contributed by atoms with Gasteiger partial charge in [-0.2, -0.15) is 0 Å². The highest BCUT2D eigenvalue weighted by molar-refractivity contribution is 7.99. The molecule has 3 aromatic rings. The van der Waals surface area contributed by atoms with Gasteiger partial charge in [-0.15, -0.1) is 0 Å². The van der Waals surface area contributed by atoms with Crippen molar-refractivity contribution in [1.29, 1.82) is 0 Å². The minimum absolute atomic E-state index is 0.129. The summed E-state index contributed by atoms with van der Waals surface area (Å²) in [4.78, 5) is 42.0. The fourth-order valence-electron chi connectivity index (χ4n) is 3.27. The van der Waals surface area contributed by atoms with E-state index in [0.29, 0.717) is 27.4 Å². The van der Waals surface area contributed by atoms with Crippen LogP contribution in [0.1, 0.15) is 19.4 Å². The van der Waals surface area contributed by atoms with Crippen molar-refractivity contribution in [3.05, 3.63) is 57.3 Å². The second-order valence-corrected chi connectivity index (χ2v) is 9.09. The minimum Gasteiger partial charge on any atom is -0.495 e. The van der Waals surface area contributed by atoms with Crippen molar-refractivity contribution in [3.63, 3.8) is 0 Å². The van der Waals surface area contributed by atoms with E-state index in [1.165, 1.54) is 11.7 Å². The number of hydrogen-bond acceptors (Lipinski definition) is 6. The number of nitrogens with zero attached hydrogens (tertiary/aromatic N) is 2. The Bertz CT molecular complexity index is 1270. The van der Waals surface area contributed by atoms with Crippen molar-refractivity contribution in [2.24, 2.45) is 5.92 Å². The molecular formula is C23H24ClN3O5S. The van der Waals surface area contributed by atoms with Gasteiger partial charge in [-0.25, -0.2) is 9.78 Å². The molecule has 0 spiro atoms. The van der Waals surface area contributed by atoms with Gasteiger partial charge >= 0.3 is 5.97 Å². The number of para-hydroxylation sites is 1. The molecule has 8 nitrogen and oxygen atoms in total. The van der Waals surface area contributed by atoms with Crippen LogP contribution in [-0.4, -0.2) is 45.4 Å². The highest BCUT2D eigenvalue weighted by Crippen LogP contribution is 2.32. The van der Waals surface area contributed by atoms with Crippen molar-refractivity contribution in [2.75, 3.05) is 12.9 Å². The van der Waals surface area contributed by atoms with Crippen LogP contribution in [0, 0.1) is 12.8 Å². The second-order valence-electron chi connectivity index (χ2n) is 7.74. The van der Waals surface area contributed by atoms with E-state index in [4.69, 9.17) is 16.3 Å². The van der Waals surface area contributed by atoms with E-state index in [1.807, 2.05) is 6.92 Å². The van der Waals surface area contributed by atoms with E-state index in [-0.39, 0.29) is 22.4 Å². The first-order valence-corrected chi connectivity index (χ1v) is 11.5. The number of aliphatic carboxylic acids is 1. The van der Waals surface area contributed by atoms with Crippen LogP contribution in [0.2, 0.25) is 5.02 Å². The van der Waals surface area contributed by atoms with E-state index in [9.17, 15) is 19.5 Å².